The largest absolute Gasteiger partial charge is 0.465 e. The summed E-state index contributed by atoms with van der Waals surface area (Å²) in [6.45, 7) is 0. The van der Waals surface area contributed by atoms with Crippen molar-refractivity contribution in [3.8, 4) is 5.69 Å². The zero-order valence-electron chi connectivity index (χ0n) is 12.1. The van der Waals surface area contributed by atoms with Gasteiger partial charge >= 0.3 is 5.97 Å². The molecule has 0 spiro atoms. The lowest BCUT2D eigenvalue weighted by atomic mass is 10.2. The Kier molecular flexibility index (Phi) is 3.87. The van der Waals surface area contributed by atoms with E-state index in [1.54, 1.807) is 4.68 Å². The van der Waals surface area contributed by atoms with Gasteiger partial charge in [0.2, 0.25) is 0 Å². The molecule has 22 heavy (non-hydrogen) atoms. The molecule has 2 aromatic carbocycles. The van der Waals surface area contributed by atoms with Gasteiger partial charge in [0.05, 0.1) is 19.0 Å². The fourth-order valence-electron chi connectivity index (χ4n) is 2.15. The fraction of sp³-hybridized carbons (Fsp3) is 0.0588. The zero-order chi connectivity index (χ0) is 15.4. The van der Waals surface area contributed by atoms with Gasteiger partial charge in [-0.15, -0.1) is 0 Å². The number of carbonyl (C=O) groups is 1. The first kappa shape index (κ1) is 13.9. The molecule has 0 amide bonds. The smallest absolute Gasteiger partial charge is 0.343 e. The third-order valence-corrected chi connectivity index (χ3v) is 3.21. The van der Waals surface area contributed by atoms with E-state index in [9.17, 15) is 4.79 Å². The van der Waals surface area contributed by atoms with Crippen molar-refractivity contribution in [2.75, 3.05) is 12.4 Å². The molecule has 110 valence electrons. The van der Waals surface area contributed by atoms with Crippen LogP contribution in [0, 0.1) is 0 Å². The molecule has 0 saturated heterocycles. The lowest BCUT2D eigenvalue weighted by Gasteiger charge is -2.11. The second-order valence-corrected chi connectivity index (χ2v) is 4.64. The number of hydrogen-bond donors (Lipinski definition) is 1. The highest BCUT2D eigenvalue weighted by atomic mass is 16.5. The standard InChI is InChI=1S/C17H15N3O2/c1-22-17(21)15-12-18-20(14-10-6-3-7-11-14)16(15)19-13-8-4-2-5-9-13/h2-12,19H,1H3. The molecule has 5 nitrogen and oxygen atoms in total. The number of hydrogen-bond acceptors (Lipinski definition) is 4. The van der Waals surface area contributed by atoms with Crippen molar-refractivity contribution >= 4 is 17.5 Å². The molecule has 3 rings (SSSR count). The number of rotatable bonds is 4. The van der Waals surface area contributed by atoms with Crippen LogP contribution < -0.4 is 5.32 Å². The van der Waals surface area contributed by atoms with Crippen LogP contribution in [0.2, 0.25) is 0 Å². The Bertz CT molecular complexity index is 767. The molecular formula is C17H15N3O2. The number of anilines is 2. The van der Waals surface area contributed by atoms with Crippen LogP contribution in [0.15, 0.2) is 66.9 Å². The number of para-hydroxylation sites is 2. The van der Waals surface area contributed by atoms with Gasteiger partial charge in [0.1, 0.15) is 11.4 Å². The number of ether oxygens (including phenoxy) is 1. The van der Waals surface area contributed by atoms with E-state index in [0.717, 1.165) is 11.4 Å². The minimum atomic E-state index is -0.430. The summed E-state index contributed by atoms with van der Waals surface area (Å²) >= 11 is 0. The number of nitrogens with zero attached hydrogens (tertiary/aromatic N) is 2. The average molecular weight is 293 g/mol. The van der Waals surface area contributed by atoms with Crippen LogP contribution in [0.3, 0.4) is 0 Å². The van der Waals surface area contributed by atoms with Crippen molar-refractivity contribution < 1.29 is 9.53 Å². The lowest BCUT2D eigenvalue weighted by Crippen LogP contribution is -2.07. The lowest BCUT2D eigenvalue weighted by molar-refractivity contribution is 0.0602. The van der Waals surface area contributed by atoms with Gasteiger partial charge in [-0.05, 0) is 24.3 Å². The van der Waals surface area contributed by atoms with Gasteiger partial charge < -0.3 is 10.1 Å². The van der Waals surface area contributed by atoms with E-state index in [4.69, 9.17) is 4.74 Å². The van der Waals surface area contributed by atoms with E-state index >= 15 is 0 Å². The van der Waals surface area contributed by atoms with E-state index in [1.807, 2.05) is 60.7 Å². The molecule has 1 aromatic heterocycles. The Labute approximate surface area is 128 Å². The Balaban J connectivity index is 2.07. The van der Waals surface area contributed by atoms with Crippen LogP contribution in [-0.4, -0.2) is 22.9 Å². The number of aromatic nitrogens is 2. The summed E-state index contributed by atoms with van der Waals surface area (Å²) in [5, 5.41) is 7.54. The predicted molar refractivity (Wildman–Crippen MR) is 84.6 cm³/mol. The second kappa shape index (κ2) is 6.13. The maximum absolute atomic E-state index is 12.0. The quantitative estimate of drug-likeness (QED) is 0.749. The van der Waals surface area contributed by atoms with Crippen LogP contribution in [-0.2, 0) is 4.74 Å². The van der Waals surface area contributed by atoms with Crippen molar-refractivity contribution in [2.45, 2.75) is 0 Å². The number of benzene rings is 2. The highest BCUT2D eigenvalue weighted by Gasteiger charge is 2.19. The Morgan fingerprint density at radius 1 is 1.05 bits per heavy atom. The van der Waals surface area contributed by atoms with Gasteiger partial charge in [0, 0.05) is 5.69 Å². The number of esters is 1. The van der Waals surface area contributed by atoms with Gasteiger partial charge in [0.15, 0.2) is 0 Å². The van der Waals surface area contributed by atoms with Crippen LogP contribution in [0.1, 0.15) is 10.4 Å². The van der Waals surface area contributed by atoms with Crippen molar-refractivity contribution in [3.63, 3.8) is 0 Å². The maximum atomic E-state index is 12.0. The van der Waals surface area contributed by atoms with Crippen molar-refractivity contribution in [2.24, 2.45) is 0 Å². The van der Waals surface area contributed by atoms with Crippen molar-refractivity contribution in [1.82, 2.24) is 9.78 Å². The zero-order valence-corrected chi connectivity index (χ0v) is 12.1. The summed E-state index contributed by atoms with van der Waals surface area (Å²) in [6, 6.07) is 19.2. The molecule has 5 heteroatoms. The van der Waals surface area contributed by atoms with Crippen LogP contribution in [0.5, 0.6) is 0 Å². The molecular weight excluding hydrogens is 278 g/mol. The van der Waals surface area contributed by atoms with Crippen molar-refractivity contribution in [3.05, 3.63) is 72.4 Å². The maximum Gasteiger partial charge on any atom is 0.343 e. The normalized spacial score (nSPS) is 10.2. The van der Waals surface area contributed by atoms with Crippen molar-refractivity contribution in [1.29, 1.82) is 0 Å². The summed E-state index contributed by atoms with van der Waals surface area (Å²) in [5.41, 5.74) is 2.11. The summed E-state index contributed by atoms with van der Waals surface area (Å²) in [5.74, 6) is 0.143. The molecule has 0 atom stereocenters. The summed E-state index contributed by atoms with van der Waals surface area (Å²) < 4.78 is 6.51. The van der Waals surface area contributed by atoms with Gasteiger partial charge in [0.25, 0.3) is 0 Å². The van der Waals surface area contributed by atoms with E-state index in [0.29, 0.717) is 11.4 Å². The fourth-order valence-corrected chi connectivity index (χ4v) is 2.15. The Hall–Kier alpha value is -3.08. The van der Waals surface area contributed by atoms with Crippen LogP contribution >= 0.6 is 0 Å². The van der Waals surface area contributed by atoms with Gasteiger partial charge in [-0.2, -0.15) is 5.10 Å². The molecule has 1 heterocycles. The first-order valence-corrected chi connectivity index (χ1v) is 6.83. The van der Waals surface area contributed by atoms with E-state index in [1.165, 1.54) is 13.3 Å². The highest BCUT2D eigenvalue weighted by molar-refractivity contribution is 5.95. The minimum absolute atomic E-state index is 0.384. The third kappa shape index (κ3) is 2.69. The number of nitrogens with one attached hydrogen (secondary N) is 1. The van der Waals surface area contributed by atoms with Gasteiger partial charge in [-0.3, -0.25) is 0 Å². The topological polar surface area (TPSA) is 56.1 Å². The van der Waals surface area contributed by atoms with E-state index < -0.39 is 5.97 Å². The van der Waals surface area contributed by atoms with Crippen LogP contribution in [0.4, 0.5) is 11.5 Å². The average Bonchev–Trinajstić information content (AvgIpc) is 2.99. The van der Waals surface area contributed by atoms with Gasteiger partial charge in [-0.25, -0.2) is 9.48 Å². The molecule has 0 unspecified atom stereocenters. The van der Waals surface area contributed by atoms with Crippen LogP contribution in [0.25, 0.3) is 5.69 Å². The minimum Gasteiger partial charge on any atom is -0.465 e. The molecule has 3 aromatic rings. The summed E-state index contributed by atoms with van der Waals surface area (Å²) in [7, 11) is 1.36. The molecule has 0 bridgehead atoms. The molecule has 0 saturated carbocycles. The SMILES string of the molecule is COC(=O)c1cnn(-c2ccccc2)c1Nc1ccccc1. The number of carbonyl (C=O) groups excluding carboxylic acids is 1. The second-order valence-electron chi connectivity index (χ2n) is 4.64. The van der Waals surface area contributed by atoms with E-state index in [-0.39, 0.29) is 0 Å². The molecule has 0 aliphatic rings. The first-order valence-electron chi connectivity index (χ1n) is 6.83. The molecule has 0 aliphatic heterocycles. The van der Waals surface area contributed by atoms with E-state index in [2.05, 4.69) is 10.4 Å². The predicted octanol–water partition coefficient (Wildman–Crippen LogP) is 3.40. The summed E-state index contributed by atoms with van der Waals surface area (Å²) in [4.78, 5) is 12.0. The monoisotopic (exact) mass is 293 g/mol. The van der Waals surface area contributed by atoms with Gasteiger partial charge in [-0.1, -0.05) is 36.4 Å². The molecule has 1 N–H and O–H groups in total. The molecule has 0 aliphatic carbocycles. The Morgan fingerprint density at radius 3 is 2.32 bits per heavy atom. The Morgan fingerprint density at radius 2 is 1.68 bits per heavy atom. The molecule has 0 fully saturated rings. The number of methoxy groups -OCH3 is 1. The highest BCUT2D eigenvalue weighted by Crippen LogP contribution is 2.24. The summed E-state index contributed by atoms with van der Waals surface area (Å²) in [6.07, 6.45) is 1.50. The first-order chi connectivity index (χ1) is 10.8. The third-order valence-electron chi connectivity index (χ3n) is 3.21. The molecule has 0 radical (unpaired) electrons.